The van der Waals surface area contributed by atoms with Crippen LogP contribution in [0.3, 0.4) is 0 Å². The Morgan fingerprint density at radius 1 is 1.37 bits per heavy atom. The van der Waals surface area contributed by atoms with Gasteiger partial charge in [0.15, 0.2) is 0 Å². The lowest BCUT2D eigenvalue weighted by Gasteiger charge is -2.25. The number of nitriles is 1. The molecule has 6 nitrogen and oxygen atoms in total. The summed E-state index contributed by atoms with van der Waals surface area (Å²) in [6.07, 6.45) is 3.74. The van der Waals surface area contributed by atoms with Crippen LogP contribution in [0.1, 0.15) is 28.8 Å². The Morgan fingerprint density at radius 3 is 2.85 bits per heavy atom. The summed E-state index contributed by atoms with van der Waals surface area (Å²) in [4.78, 5) is 19.0. The quantitative estimate of drug-likeness (QED) is 0.754. The molecule has 1 unspecified atom stereocenters. The molecular formula is C21H23N3O3. The van der Waals surface area contributed by atoms with Gasteiger partial charge in [-0.1, -0.05) is 12.1 Å². The van der Waals surface area contributed by atoms with E-state index in [0.717, 1.165) is 25.0 Å². The van der Waals surface area contributed by atoms with Crippen molar-refractivity contribution in [2.75, 3.05) is 33.4 Å². The lowest BCUT2D eigenvalue weighted by Crippen LogP contribution is -2.39. The molecule has 1 amide bonds. The third kappa shape index (κ3) is 4.91. The molecule has 1 atom stereocenters. The number of carbonyl (C=O) groups is 1. The van der Waals surface area contributed by atoms with Gasteiger partial charge < -0.3 is 14.4 Å². The van der Waals surface area contributed by atoms with Crippen molar-refractivity contribution in [3.63, 3.8) is 0 Å². The van der Waals surface area contributed by atoms with Crippen molar-refractivity contribution in [1.29, 1.82) is 5.26 Å². The summed E-state index contributed by atoms with van der Waals surface area (Å²) in [5, 5.41) is 9.03. The molecule has 1 aliphatic rings. The van der Waals surface area contributed by atoms with Crippen LogP contribution in [-0.4, -0.2) is 55.3 Å². The second-order valence-corrected chi connectivity index (χ2v) is 6.50. The fourth-order valence-electron chi connectivity index (χ4n) is 3.14. The van der Waals surface area contributed by atoms with Gasteiger partial charge in [-0.15, -0.1) is 0 Å². The average Bonchev–Trinajstić information content (AvgIpc) is 3.24. The standard InChI is InChI=1S/C21H23N3O3/c1-26-12-10-24(15-19-3-2-11-27-19)21(25)18-6-4-17(5-7-18)20-13-16(14-22)8-9-23-20/h4-9,13,19H,2-3,10-12,15H2,1H3. The van der Waals surface area contributed by atoms with Gasteiger partial charge in [-0.05, 0) is 37.1 Å². The van der Waals surface area contributed by atoms with E-state index in [-0.39, 0.29) is 12.0 Å². The van der Waals surface area contributed by atoms with Gasteiger partial charge in [-0.25, -0.2) is 0 Å². The zero-order chi connectivity index (χ0) is 19.1. The zero-order valence-corrected chi connectivity index (χ0v) is 15.4. The van der Waals surface area contributed by atoms with E-state index in [1.165, 1.54) is 0 Å². The number of nitrogens with zero attached hydrogens (tertiary/aromatic N) is 3. The first kappa shape index (κ1) is 19.0. The van der Waals surface area contributed by atoms with E-state index in [0.29, 0.717) is 36.5 Å². The van der Waals surface area contributed by atoms with Gasteiger partial charge in [-0.2, -0.15) is 5.26 Å². The van der Waals surface area contributed by atoms with Crippen molar-refractivity contribution in [1.82, 2.24) is 9.88 Å². The lowest BCUT2D eigenvalue weighted by molar-refractivity contribution is 0.0456. The number of methoxy groups -OCH3 is 1. The maximum absolute atomic E-state index is 12.9. The minimum Gasteiger partial charge on any atom is -0.383 e. The predicted octanol–water partition coefficient (Wildman–Crippen LogP) is 2.89. The molecule has 27 heavy (non-hydrogen) atoms. The number of ether oxygens (including phenoxy) is 2. The molecule has 6 heteroatoms. The third-order valence-corrected chi connectivity index (χ3v) is 4.62. The third-order valence-electron chi connectivity index (χ3n) is 4.62. The van der Waals surface area contributed by atoms with Crippen LogP contribution in [0, 0.1) is 11.3 Å². The molecule has 0 N–H and O–H groups in total. The van der Waals surface area contributed by atoms with Crippen LogP contribution in [0.4, 0.5) is 0 Å². The Balaban J connectivity index is 1.74. The van der Waals surface area contributed by atoms with Gasteiger partial charge in [0.2, 0.25) is 0 Å². The Kier molecular flexibility index (Phi) is 6.53. The van der Waals surface area contributed by atoms with Gasteiger partial charge >= 0.3 is 0 Å². The topological polar surface area (TPSA) is 75.5 Å². The number of benzene rings is 1. The summed E-state index contributed by atoms with van der Waals surface area (Å²) in [5.41, 5.74) is 2.75. The van der Waals surface area contributed by atoms with Crippen LogP contribution in [0.15, 0.2) is 42.6 Å². The second-order valence-electron chi connectivity index (χ2n) is 6.50. The van der Waals surface area contributed by atoms with E-state index >= 15 is 0 Å². The Labute approximate surface area is 159 Å². The molecule has 1 saturated heterocycles. The highest BCUT2D eigenvalue weighted by Crippen LogP contribution is 2.20. The molecule has 140 valence electrons. The normalized spacial score (nSPS) is 16.1. The van der Waals surface area contributed by atoms with Gasteiger partial charge in [0.05, 0.1) is 30.0 Å². The van der Waals surface area contributed by atoms with Crippen LogP contribution in [0.5, 0.6) is 0 Å². The maximum atomic E-state index is 12.9. The van der Waals surface area contributed by atoms with E-state index < -0.39 is 0 Å². The van der Waals surface area contributed by atoms with Crippen molar-refractivity contribution < 1.29 is 14.3 Å². The molecule has 1 fully saturated rings. The smallest absolute Gasteiger partial charge is 0.254 e. The maximum Gasteiger partial charge on any atom is 0.254 e. The number of aromatic nitrogens is 1. The molecule has 1 aromatic heterocycles. The number of pyridine rings is 1. The Bertz CT molecular complexity index is 808. The molecule has 0 aliphatic carbocycles. The molecule has 1 aliphatic heterocycles. The zero-order valence-electron chi connectivity index (χ0n) is 15.4. The van der Waals surface area contributed by atoms with Crippen LogP contribution in [-0.2, 0) is 9.47 Å². The minimum absolute atomic E-state index is 0.0344. The van der Waals surface area contributed by atoms with Crippen molar-refractivity contribution in [3.8, 4) is 17.3 Å². The molecule has 0 saturated carbocycles. The van der Waals surface area contributed by atoms with Crippen molar-refractivity contribution in [3.05, 3.63) is 53.7 Å². The van der Waals surface area contributed by atoms with E-state index in [9.17, 15) is 4.79 Å². The molecule has 2 aromatic rings. The van der Waals surface area contributed by atoms with Gasteiger partial charge in [0, 0.05) is 44.1 Å². The summed E-state index contributed by atoms with van der Waals surface area (Å²) in [6, 6.07) is 12.8. The van der Waals surface area contributed by atoms with Gasteiger partial charge in [0.25, 0.3) is 5.91 Å². The van der Waals surface area contributed by atoms with Gasteiger partial charge in [-0.3, -0.25) is 9.78 Å². The number of hydrogen-bond donors (Lipinski definition) is 0. The fraction of sp³-hybridized carbons (Fsp3) is 0.381. The monoisotopic (exact) mass is 365 g/mol. The van der Waals surface area contributed by atoms with Crippen molar-refractivity contribution in [2.45, 2.75) is 18.9 Å². The first-order chi connectivity index (χ1) is 13.2. The van der Waals surface area contributed by atoms with E-state index in [1.807, 2.05) is 12.1 Å². The van der Waals surface area contributed by atoms with Gasteiger partial charge in [0.1, 0.15) is 0 Å². The highest BCUT2D eigenvalue weighted by Gasteiger charge is 2.23. The molecule has 3 rings (SSSR count). The number of carbonyl (C=O) groups excluding carboxylic acids is 1. The summed E-state index contributed by atoms with van der Waals surface area (Å²) < 4.78 is 10.8. The first-order valence-corrected chi connectivity index (χ1v) is 9.07. The second kappa shape index (κ2) is 9.26. The summed E-state index contributed by atoms with van der Waals surface area (Å²) >= 11 is 0. The Hall–Kier alpha value is -2.75. The van der Waals surface area contributed by atoms with Crippen LogP contribution in [0.25, 0.3) is 11.3 Å². The molecule has 0 bridgehead atoms. The summed E-state index contributed by atoms with van der Waals surface area (Å²) in [7, 11) is 1.63. The fourth-order valence-corrected chi connectivity index (χ4v) is 3.14. The largest absolute Gasteiger partial charge is 0.383 e. The lowest BCUT2D eigenvalue weighted by atomic mass is 10.1. The predicted molar refractivity (Wildman–Crippen MR) is 101 cm³/mol. The average molecular weight is 365 g/mol. The SMILES string of the molecule is COCCN(CC1CCCO1)C(=O)c1ccc(-c2cc(C#N)ccn2)cc1. The van der Waals surface area contributed by atoms with E-state index in [4.69, 9.17) is 14.7 Å². The van der Waals surface area contributed by atoms with Crippen LogP contribution in [0.2, 0.25) is 0 Å². The van der Waals surface area contributed by atoms with E-state index in [2.05, 4.69) is 11.1 Å². The summed E-state index contributed by atoms with van der Waals surface area (Å²) in [6.45, 7) is 2.36. The molecular weight excluding hydrogens is 342 g/mol. The number of rotatable bonds is 7. The highest BCUT2D eigenvalue weighted by molar-refractivity contribution is 5.94. The van der Waals surface area contributed by atoms with Crippen LogP contribution < -0.4 is 0 Å². The Morgan fingerprint density at radius 2 is 2.19 bits per heavy atom. The van der Waals surface area contributed by atoms with E-state index in [1.54, 1.807) is 42.5 Å². The number of hydrogen-bond acceptors (Lipinski definition) is 5. The number of amides is 1. The molecule has 2 heterocycles. The molecule has 1 aromatic carbocycles. The molecule has 0 radical (unpaired) electrons. The highest BCUT2D eigenvalue weighted by atomic mass is 16.5. The molecule has 0 spiro atoms. The first-order valence-electron chi connectivity index (χ1n) is 9.07. The summed E-state index contributed by atoms with van der Waals surface area (Å²) in [5.74, 6) is -0.0344. The van der Waals surface area contributed by atoms with Crippen molar-refractivity contribution >= 4 is 5.91 Å². The van der Waals surface area contributed by atoms with Crippen molar-refractivity contribution in [2.24, 2.45) is 0 Å². The minimum atomic E-state index is -0.0344. The van der Waals surface area contributed by atoms with Crippen LogP contribution >= 0.6 is 0 Å².